The minimum absolute atomic E-state index is 0.0441. The average molecular weight is 732 g/mol. The van der Waals surface area contributed by atoms with Crippen LogP contribution in [0.2, 0.25) is 0 Å². The van der Waals surface area contributed by atoms with E-state index >= 15 is 0 Å². The molecule has 4 heterocycles. The Morgan fingerprint density at radius 1 is 0.868 bits per heavy atom. The van der Waals surface area contributed by atoms with E-state index in [0.717, 1.165) is 55.2 Å². The second kappa shape index (κ2) is 15.3. The molecule has 0 aliphatic carbocycles. The molecule has 2 fully saturated rings. The smallest absolute Gasteiger partial charge is 0.491 e. The van der Waals surface area contributed by atoms with E-state index in [9.17, 15) is 18.0 Å². The summed E-state index contributed by atoms with van der Waals surface area (Å²) >= 11 is 0. The van der Waals surface area contributed by atoms with Crippen molar-refractivity contribution in [3.05, 3.63) is 119 Å². The van der Waals surface area contributed by atoms with Gasteiger partial charge in [0.05, 0.1) is 24.5 Å². The van der Waals surface area contributed by atoms with Gasteiger partial charge in [0.15, 0.2) is 5.79 Å². The summed E-state index contributed by atoms with van der Waals surface area (Å²) in [5, 5.41) is 12.0. The highest BCUT2D eigenvalue weighted by Crippen LogP contribution is 2.39. The Balaban J connectivity index is 0.927. The number of hydrogen-bond donors (Lipinski definition) is 0. The molecule has 5 aromatic rings. The Morgan fingerprint density at radius 2 is 1.49 bits per heavy atom. The number of ether oxygens (including phenoxy) is 4. The summed E-state index contributed by atoms with van der Waals surface area (Å²) in [6, 6.07) is 23.2. The lowest BCUT2D eigenvalue weighted by Gasteiger charge is -2.37. The lowest BCUT2D eigenvalue weighted by molar-refractivity contribution is -0.274. The van der Waals surface area contributed by atoms with E-state index in [1.807, 2.05) is 62.4 Å². The van der Waals surface area contributed by atoms with Gasteiger partial charge in [-0.1, -0.05) is 6.92 Å². The topological polar surface area (TPSA) is 109 Å². The average Bonchev–Trinajstić information content (AvgIpc) is 3.77. The van der Waals surface area contributed by atoms with E-state index in [0.29, 0.717) is 11.3 Å². The van der Waals surface area contributed by atoms with Gasteiger partial charge in [-0.15, -0.1) is 13.2 Å². The maximum Gasteiger partial charge on any atom is 0.573 e. The monoisotopic (exact) mass is 731 g/mol. The first-order chi connectivity index (χ1) is 25.6. The van der Waals surface area contributed by atoms with E-state index < -0.39 is 18.3 Å². The van der Waals surface area contributed by atoms with Gasteiger partial charge < -0.3 is 28.7 Å². The predicted octanol–water partition coefficient (Wildman–Crippen LogP) is 5.91. The van der Waals surface area contributed by atoms with Crippen LogP contribution < -0.4 is 25.0 Å². The van der Waals surface area contributed by atoms with Crippen LogP contribution in [0, 0.1) is 0 Å². The van der Waals surface area contributed by atoms with Crippen LogP contribution in [0.4, 0.5) is 24.5 Å². The number of anilines is 2. The quantitative estimate of drug-likeness (QED) is 0.154. The maximum atomic E-state index is 12.8. The number of aromatic nitrogens is 5. The number of rotatable bonds is 12. The molecule has 1 unspecified atom stereocenters. The van der Waals surface area contributed by atoms with Gasteiger partial charge in [-0.25, -0.2) is 14.0 Å². The first-order valence-electron chi connectivity index (χ1n) is 17.5. The number of piperazine rings is 1. The molecule has 2 aromatic heterocycles. The van der Waals surface area contributed by atoms with Crippen molar-refractivity contribution < 1.29 is 32.1 Å². The van der Waals surface area contributed by atoms with Crippen molar-refractivity contribution in [2.24, 2.45) is 0 Å². The van der Waals surface area contributed by atoms with E-state index in [-0.39, 0.29) is 37.1 Å². The van der Waals surface area contributed by atoms with Gasteiger partial charge in [-0.05, 0) is 97.8 Å². The molecule has 2 aliphatic heterocycles. The molecule has 3 aromatic carbocycles. The van der Waals surface area contributed by atoms with Gasteiger partial charge in [0.2, 0.25) is 0 Å². The molecule has 3 atom stereocenters. The number of hydrogen-bond acceptors (Lipinski definition) is 10. The van der Waals surface area contributed by atoms with Crippen molar-refractivity contribution >= 4 is 11.4 Å². The summed E-state index contributed by atoms with van der Waals surface area (Å²) < 4.78 is 64.1. The summed E-state index contributed by atoms with van der Waals surface area (Å²) in [5.74, 6) is -0.926. The lowest BCUT2D eigenvalue weighted by Crippen LogP contribution is -2.46. The van der Waals surface area contributed by atoms with Gasteiger partial charge in [0.25, 0.3) is 0 Å². The lowest BCUT2D eigenvalue weighted by atomic mass is 9.98. The highest BCUT2D eigenvalue weighted by Gasteiger charge is 2.44. The summed E-state index contributed by atoms with van der Waals surface area (Å²) in [4.78, 5) is 17.5. The summed E-state index contributed by atoms with van der Waals surface area (Å²) in [7, 11) is 0. The highest BCUT2D eigenvalue weighted by atomic mass is 19.4. The Bertz CT molecular complexity index is 2000. The van der Waals surface area contributed by atoms with Crippen molar-refractivity contribution in [3.63, 3.8) is 0 Å². The maximum absolute atomic E-state index is 12.8. The molecule has 0 spiro atoms. The van der Waals surface area contributed by atoms with Crippen LogP contribution in [-0.4, -0.2) is 76.4 Å². The number of alkyl halides is 3. The molecular formula is C38H40F3N7O5. The second-order valence-electron chi connectivity index (χ2n) is 13.1. The highest BCUT2D eigenvalue weighted by molar-refractivity contribution is 5.54. The fraction of sp³-hybridized carbons (Fsp3) is 0.368. The summed E-state index contributed by atoms with van der Waals surface area (Å²) in [6.07, 6.45) is 0.580. The van der Waals surface area contributed by atoms with Gasteiger partial charge >= 0.3 is 12.1 Å². The zero-order chi connectivity index (χ0) is 37.0. The molecule has 53 heavy (non-hydrogen) atoms. The fourth-order valence-corrected chi connectivity index (χ4v) is 6.55. The van der Waals surface area contributed by atoms with Crippen molar-refractivity contribution in [1.29, 1.82) is 0 Å². The molecule has 12 nitrogen and oxygen atoms in total. The zero-order valence-electron chi connectivity index (χ0n) is 29.4. The Labute approximate surface area is 304 Å². The van der Waals surface area contributed by atoms with Gasteiger partial charge in [0.1, 0.15) is 30.5 Å². The number of halogens is 3. The largest absolute Gasteiger partial charge is 0.573 e. The number of nitrogens with zero attached hydrogens (tertiary/aromatic N) is 7. The van der Waals surface area contributed by atoms with Crippen molar-refractivity contribution in [2.45, 2.75) is 51.0 Å². The van der Waals surface area contributed by atoms with E-state index in [1.165, 1.54) is 28.9 Å². The molecule has 2 saturated heterocycles. The Morgan fingerprint density at radius 3 is 2.09 bits per heavy atom. The molecule has 2 aliphatic rings. The van der Waals surface area contributed by atoms with E-state index in [4.69, 9.17) is 14.2 Å². The van der Waals surface area contributed by atoms with E-state index in [1.54, 1.807) is 29.4 Å². The predicted molar refractivity (Wildman–Crippen MR) is 191 cm³/mol. The third kappa shape index (κ3) is 8.31. The third-order valence-corrected chi connectivity index (χ3v) is 9.58. The molecule has 0 N–H and O–H groups in total. The van der Waals surface area contributed by atoms with Crippen LogP contribution in [0.5, 0.6) is 11.5 Å². The van der Waals surface area contributed by atoms with Crippen molar-refractivity contribution in [2.75, 3.05) is 49.2 Å². The molecule has 0 amide bonds. The van der Waals surface area contributed by atoms with Gasteiger partial charge in [-0.2, -0.15) is 15.3 Å². The van der Waals surface area contributed by atoms with Crippen LogP contribution in [0.15, 0.2) is 102 Å². The standard InChI is InChI=1S/C38H40F3N7O5/c1-3-27(2)48-36(49)47(26-44-48)32-8-6-30(7-9-32)45-18-20-46(21-19-45)31-10-14-33(15-11-31)50-24-35-25-51-37(52-35,22-28-16-17-42-43-23-28)29-4-12-34(13-5-29)53-38(39,40)41/h4-17,23,26-27,35H,3,18-22,24-25H2,1-2H3/t27?,35-,37+/m1/s1. The molecule has 278 valence electrons. The molecule has 0 bridgehead atoms. The minimum atomic E-state index is -4.79. The van der Waals surface area contributed by atoms with Crippen LogP contribution in [0.25, 0.3) is 5.69 Å². The molecule has 15 heteroatoms. The normalized spacial score (nSPS) is 19.7. The second-order valence-corrected chi connectivity index (χ2v) is 13.1. The SMILES string of the molecule is CCC(C)n1ncn(-c2ccc(N3CCN(c4ccc(OC[C@@H]5CO[C@](Cc6ccnnc6)(c6ccc(OC(F)(F)F)cc6)O5)cc4)CC3)cc2)c1=O. The Hall–Kier alpha value is -5.41. The van der Waals surface area contributed by atoms with E-state index in [2.05, 4.69) is 29.8 Å². The van der Waals surface area contributed by atoms with Crippen LogP contribution in [0.3, 0.4) is 0 Å². The molecule has 0 radical (unpaired) electrons. The van der Waals surface area contributed by atoms with Crippen LogP contribution in [0.1, 0.15) is 37.4 Å². The van der Waals surface area contributed by atoms with Crippen LogP contribution in [-0.2, 0) is 21.7 Å². The fourth-order valence-electron chi connectivity index (χ4n) is 6.55. The summed E-state index contributed by atoms with van der Waals surface area (Å²) in [6.45, 7) is 7.81. The molecular weight excluding hydrogens is 691 g/mol. The van der Waals surface area contributed by atoms with Gasteiger partial charge in [0, 0.05) is 55.7 Å². The minimum Gasteiger partial charge on any atom is -0.491 e. The first-order valence-corrected chi connectivity index (χ1v) is 17.5. The number of benzene rings is 3. The third-order valence-electron chi connectivity index (χ3n) is 9.58. The van der Waals surface area contributed by atoms with Crippen molar-refractivity contribution in [1.82, 2.24) is 24.5 Å². The first kappa shape index (κ1) is 36.0. The summed E-state index contributed by atoms with van der Waals surface area (Å²) in [5.41, 5.74) is 4.16. The van der Waals surface area contributed by atoms with Gasteiger partial charge in [-0.3, -0.25) is 0 Å². The van der Waals surface area contributed by atoms with Crippen molar-refractivity contribution in [3.8, 4) is 17.2 Å². The van der Waals surface area contributed by atoms with Crippen LogP contribution >= 0.6 is 0 Å². The molecule has 0 saturated carbocycles. The molecule has 7 rings (SSSR count). The Kier molecular flexibility index (Phi) is 10.4. The zero-order valence-corrected chi connectivity index (χ0v) is 29.4.